The number of rotatable bonds is 12. The van der Waals surface area contributed by atoms with Crippen molar-refractivity contribution in [3.8, 4) is 16.9 Å². The highest BCUT2D eigenvalue weighted by atomic mass is 19.4. The number of benzene rings is 2. The maximum Gasteiger partial charge on any atom is 0.471 e. The highest BCUT2D eigenvalue weighted by Gasteiger charge is 2.44. The van der Waals surface area contributed by atoms with Crippen LogP contribution in [0.25, 0.3) is 28.0 Å². The number of para-hydroxylation sites is 1. The van der Waals surface area contributed by atoms with Crippen LogP contribution in [0.2, 0.25) is 0 Å². The number of alkyl halides is 3. The molecule has 3 heterocycles. The van der Waals surface area contributed by atoms with Crippen molar-refractivity contribution in [1.29, 1.82) is 0 Å². The first-order valence-corrected chi connectivity index (χ1v) is 15.9. The van der Waals surface area contributed by atoms with Crippen molar-refractivity contribution in [3.63, 3.8) is 0 Å². The molecule has 1 amide bonds. The summed E-state index contributed by atoms with van der Waals surface area (Å²) in [4.78, 5) is 38.0. The first-order valence-electron chi connectivity index (χ1n) is 15.9. The second kappa shape index (κ2) is 14.8. The van der Waals surface area contributed by atoms with Crippen LogP contribution >= 0.6 is 0 Å². The number of carbonyl (C=O) groups is 1. The Bertz CT molecular complexity index is 1820. The Morgan fingerprint density at radius 3 is 2.44 bits per heavy atom. The summed E-state index contributed by atoms with van der Waals surface area (Å²) in [7, 11) is 0. The van der Waals surface area contributed by atoms with Gasteiger partial charge in [0.2, 0.25) is 5.95 Å². The largest absolute Gasteiger partial charge is 0.471 e. The molecule has 4 aromatic rings. The summed E-state index contributed by atoms with van der Waals surface area (Å²) >= 11 is 0. The molecular formula is C34H37F5N6O3. The predicted molar refractivity (Wildman–Crippen MR) is 174 cm³/mol. The van der Waals surface area contributed by atoms with Gasteiger partial charge in [-0.25, -0.2) is 13.8 Å². The van der Waals surface area contributed by atoms with Crippen LogP contribution in [0.3, 0.4) is 0 Å². The fourth-order valence-corrected chi connectivity index (χ4v) is 5.84. The monoisotopic (exact) mass is 672 g/mol. The SMILES string of the molecule is CCN(CC)CCCNc1nc(-c2cc(N(CC3CCCO3)C(=O)C(F)(F)F)ccc2C)c2ccc(=O)n(-c3c(F)cccc3F)c2n1. The van der Waals surface area contributed by atoms with E-state index in [4.69, 9.17) is 9.72 Å². The van der Waals surface area contributed by atoms with Crippen molar-refractivity contribution in [2.45, 2.75) is 52.3 Å². The van der Waals surface area contributed by atoms with E-state index in [1.54, 1.807) is 13.0 Å². The van der Waals surface area contributed by atoms with E-state index < -0.39 is 41.1 Å². The number of amides is 1. The number of nitrogens with one attached hydrogen (secondary N) is 1. The van der Waals surface area contributed by atoms with E-state index in [0.29, 0.717) is 48.4 Å². The Balaban J connectivity index is 1.68. The van der Waals surface area contributed by atoms with Crippen molar-refractivity contribution >= 4 is 28.6 Å². The lowest BCUT2D eigenvalue weighted by atomic mass is 10.0. The van der Waals surface area contributed by atoms with Crippen LogP contribution in [0, 0.1) is 18.6 Å². The molecule has 2 aromatic heterocycles. The van der Waals surface area contributed by atoms with Gasteiger partial charge in [-0.2, -0.15) is 18.2 Å². The predicted octanol–water partition coefficient (Wildman–Crippen LogP) is 6.25. The number of aryl methyl sites for hydroxylation is 1. The van der Waals surface area contributed by atoms with E-state index in [9.17, 15) is 22.8 Å². The molecule has 1 fully saturated rings. The molecule has 5 rings (SSSR count). The lowest BCUT2D eigenvalue weighted by molar-refractivity contribution is -0.170. The van der Waals surface area contributed by atoms with Gasteiger partial charge in [0.25, 0.3) is 5.56 Å². The van der Waals surface area contributed by atoms with Gasteiger partial charge in [-0.05, 0) is 81.7 Å². The minimum Gasteiger partial charge on any atom is -0.376 e. The van der Waals surface area contributed by atoms with Gasteiger partial charge in [-0.1, -0.05) is 26.0 Å². The zero-order chi connectivity index (χ0) is 34.6. The van der Waals surface area contributed by atoms with E-state index in [0.717, 1.165) is 42.4 Å². The quantitative estimate of drug-likeness (QED) is 0.141. The average Bonchev–Trinajstić information content (AvgIpc) is 3.57. The second-order valence-electron chi connectivity index (χ2n) is 11.6. The molecule has 0 aliphatic carbocycles. The van der Waals surface area contributed by atoms with Gasteiger partial charge >= 0.3 is 12.1 Å². The Morgan fingerprint density at radius 1 is 1.06 bits per heavy atom. The summed E-state index contributed by atoms with van der Waals surface area (Å²) < 4.78 is 78.0. The highest BCUT2D eigenvalue weighted by Crippen LogP contribution is 2.35. The third kappa shape index (κ3) is 7.49. The van der Waals surface area contributed by atoms with E-state index in [-0.39, 0.29) is 34.9 Å². The van der Waals surface area contributed by atoms with Crippen LogP contribution in [0.15, 0.2) is 53.3 Å². The topological polar surface area (TPSA) is 92.6 Å². The molecule has 0 saturated carbocycles. The molecular weight excluding hydrogens is 635 g/mol. The fourth-order valence-electron chi connectivity index (χ4n) is 5.84. The van der Waals surface area contributed by atoms with Gasteiger partial charge < -0.3 is 19.9 Å². The highest BCUT2D eigenvalue weighted by molar-refractivity contribution is 5.99. The number of aromatic nitrogens is 3. The minimum atomic E-state index is -5.15. The van der Waals surface area contributed by atoms with E-state index in [1.807, 2.05) is 0 Å². The first kappa shape index (κ1) is 34.9. The van der Waals surface area contributed by atoms with Gasteiger partial charge in [0.15, 0.2) is 5.65 Å². The summed E-state index contributed by atoms with van der Waals surface area (Å²) in [5, 5.41) is 3.35. The van der Waals surface area contributed by atoms with Gasteiger partial charge in [-0.3, -0.25) is 14.2 Å². The molecule has 14 heteroatoms. The summed E-state index contributed by atoms with van der Waals surface area (Å²) in [5.74, 6) is -3.99. The Hall–Kier alpha value is -4.43. The normalized spacial score (nSPS) is 15.0. The molecule has 1 aliphatic rings. The van der Waals surface area contributed by atoms with E-state index in [1.165, 1.54) is 24.3 Å². The van der Waals surface area contributed by atoms with Gasteiger partial charge in [0, 0.05) is 35.9 Å². The maximum absolute atomic E-state index is 15.1. The number of nitrogens with zero attached hydrogens (tertiary/aromatic N) is 5. The third-order valence-corrected chi connectivity index (χ3v) is 8.43. The Labute approximate surface area is 274 Å². The number of hydrogen-bond donors (Lipinski definition) is 1. The molecule has 1 unspecified atom stereocenters. The van der Waals surface area contributed by atoms with E-state index in [2.05, 4.69) is 29.0 Å². The second-order valence-corrected chi connectivity index (χ2v) is 11.6. The molecule has 2 aromatic carbocycles. The maximum atomic E-state index is 15.1. The summed E-state index contributed by atoms with van der Waals surface area (Å²) in [6.07, 6.45) is -3.84. The molecule has 1 aliphatic heterocycles. The molecule has 1 saturated heterocycles. The number of halogens is 5. The molecule has 48 heavy (non-hydrogen) atoms. The minimum absolute atomic E-state index is 0.0395. The van der Waals surface area contributed by atoms with Crippen molar-refractivity contribution in [2.75, 3.05) is 49.5 Å². The Morgan fingerprint density at radius 2 is 1.79 bits per heavy atom. The molecule has 0 radical (unpaired) electrons. The van der Waals surface area contributed by atoms with Crippen molar-refractivity contribution < 1.29 is 31.5 Å². The molecule has 256 valence electrons. The Kier molecular flexibility index (Phi) is 10.7. The lowest BCUT2D eigenvalue weighted by Crippen LogP contribution is -2.45. The molecule has 0 spiro atoms. The zero-order valence-corrected chi connectivity index (χ0v) is 26.9. The van der Waals surface area contributed by atoms with Crippen LogP contribution in [0.1, 0.15) is 38.7 Å². The van der Waals surface area contributed by atoms with Crippen LogP contribution < -0.4 is 15.8 Å². The standard InChI is InChI=1S/C34H37F5N6O3/c1-4-43(5-2)17-8-16-40-33-41-29(24-14-15-28(46)45(31(24)42-33)30-26(35)10-6-11-27(30)36)25-19-22(13-12-21(25)3)44(32(47)34(37,38)39)20-23-9-7-18-48-23/h6,10-15,19,23H,4-5,7-9,16-18,20H2,1-3H3,(H,40,41,42). The average molecular weight is 673 g/mol. The molecule has 9 nitrogen and oxygen atoms in total. The molecule has 1 N–H and O–H groups in total. The number of anilines is 2. The number of pyridine rings is 1. The molecule has 1 atom stereocenters. The zero-order valence-electron chi connectivity index (χ0n) is 26.9. The van der Waals surface area contributed by atoms with Gasteiger partial charge in [-0.15, -0.1) is 0 Å². The first-order chi connectivity index (χ1) is 22.9. The fraction of sp³-hybridized carbons (Fsp3) is 0.412. The summed E-state index contributed by atoms with van der Waals surface area (Å²) in [6, 6.07) is 10.1. The van der Waals surface area contributed by atoms with Gasteiger partial charge in [0.05, 0.1) is 18.3 Å². The van der Waals surface area contributed by atoms with Crippen molar-refractivity contribution in [3.05, 3.63) is 76.1 Å². The van der Waals surface area contributed by atoms with E-state index >= 15 is 8.78 Å². The smallest absolute Gasteiger partial charge is 0.376 e. The van der Waals surface area contributed by atoms with Crippen molar-refractivity contribution in [2.24, 2.45) is 0 Å². The van der Waals surface area contributed by atoms with Crippen molar-refractivity contribution in [1.82, 2.24) is 19.4 Å². The van der Waals surface area contributed by atoms with Crippen LogP contribution in [0.4, 0.5) is 33.6 Å². The summed E-state index contributed by atoms with van der Waals surface area (Å²) in [6.45, 7) is 8.83. The lowest BCUT2D eigenvalue weighted by Gasteiger charge is -2.27. The van der Waals surface area contributed by atoms with Crippen LogP contribution in [-0.4, -0.2) is 77.0 Å². The van der Waals surface area contributed by atoms with Gasteiger partial charge in [0.1, 0.15) is 17.3 Å². The number of fused-ring (bicyclic) bond motifs is 1. The number of hydrogen-bond acceptors (Lipinski definition) is 7. The number of ether oxygens (including phenoxy) is 1. The third-order valence-electron chi connectivity index (χ3n) is 8.43. The van der Waals surface area contributed by atoms with Crippen LogP contribution in [-0.2, 0) is 9.53 Å². The summed E-state index contributed by atoms with van der Waals surface area (Å²) in [5.41, 5.74) is -0.442. The molecule has 0 bridgehead atoms. The number of carbonyl (C=O) groups excluding carboxylic acids is 1. The van der Waals surface area contributed by atoms with Crippen LogP contribution in [0.5, 0.6) is 0 Å².